The first-order chi connectivity index (χ1) is 14.3. The van der Waals surface area contributed by atoms with Crippen LogP contribution < -0.4 is 4.90 Å². The molecule has 2 atom stereocenters. The summed E-state index contributed by atoms with van der Waals surface area (Å²) in [4.78, 5) is 39.4. The Bertz CT molecular complexity index is 989. The molecule has 1 saturated carbocycles. The van der Waals surface area contributed by atoms with E-state index in [1.807, 2.05) is 0 Å². The SMILES string of the molecule is C=C1[C@H](CO)C[C@@H]1n1cnc2c(N(C(=O)OC(C)(C)C)C(=O)OC(C)(C)C)ncnc21. The van der Waals surface area contributed by atoms with Gasteiger partial charge in [0, 0.05) is 12.5 Å². The number of ether oxygens (including phenoxy) is 2. The van der Waals surface area contributed by atoms with Gasteiger partial charge in [0.2, 0.25) is 0 Å². The van der Waals surface area contributed by atoms with Crippen LogP contribution in [0.5, 0.6) is 0 Å². The lowest BCUT2D eigenvalue weighted by Gasteiger charge is -2.38. The topological polar surface area (TPSA) is 120 Å². The Morgan fingerprint density at radius 3 is 2.19 bits per heavy atom. The van der Waals surface area contributed by atoms with E-state index in [4.69, 9.17) is 9.47 Å². The highest BCUT2D eigenvalue weighted by Gasteiger charge is 2.38. The van der Waals surface area contributed by atoms with Gasteiger partial charge in [-0.1, -0.05) is 6.58 Å². The number of imidazole rings is 1. The molecule has 0 unspecified atom stereocenters. The molecule has 2 amide bonds. The number of rotatable bonds is 3. The number of imide groups is 1. The molecule has 10 heteroatoms. The number of hydrogen-bond donors (Lipinski definition) is 1. The number of carbonyl (C=O) groups is 2. The van der Waals surface area contributed by atoms with E-state index in [1.165, 1.54) is 6.33 Å². The Balaban J connectivity index is 2.04. The molecule has 1 fully saturated rings. The Kier molecular flexibility index (Phi) is 5.79. The second-order valence-electron chi connectivity index (χ2n) is 9.52. The van der Waals surface area contributed by atoms with Crippen LogP contribution in [-0.4, -0.2) is 54.6 Å². The number of aliphatic hydroxyl groups excluding tert-OH is 1. The van der Waals surface area contributed by atoms with Crippen molar-refractivity contribution >= 4 is 29.2 Å². The first kappa shape index (κ1) is 22.7. The zero-order valence-electron chi connectivity index (χ0n) is 18.7. The molecule has 0 bridgehead atoms. The van der Waals surface area contributed by atoms with Crippen molar-refractivity contribution in [2.75, 3.05) is 11.5 Å². The van der Waals surface area contributed by atoms with E-state index >= 15 is 0 Å². The summed E-state index contributed by atoms with van der Waals surface area (Å²) in [6.07, 6.45) is 1.66. The number of hydrogen-bond acceptors (Lipinski definition) is 8. The van der Waals surface area contributed by atoms with Crippen LogP contribution in [0.25, 0.3) is 11.2 Å². The van der Waals surface area contributed by atoms with Crippen LogP contribution in [0.15, 0.2) is 24.8 Å². The molecule has 1 N–H and O–H groups in total. The normalized spacial score (nSPS) is 19.1. The maximum absolute atomic E-state index is 12.9. The lowest BCUT2D eigenvalue weighted by molar-refractivity contribution is 0.0429. The van der Waals surface area contributed by atoms with Crippen molar-refractivity contribution in [1.82, 2.24) is 19.5 Å². The zero-order valence-corrected chi connectivity index (χ0v) is 18.7. The zero-order chi connectivity index (χ0) is 23.1. The van der Waals surface area contributed by atoms with Crippen LogP contribution in [0.1, 0.15) is 54.0 Å². The molecule has 10 nitrogen and oxygen atoms in total. The number of nitrogens with zero attached hydrogens (tertiary/aromatic N) is 5. The number of amides is 2. The van der Waals surface area contributed by atoms with E-state index in [0.717, 1.165) is 10.5 Å². The van der Waals surface area contributed by atoms with Gasteiger partial charge in [0.25, 0.3) is 0 Å². The summed E-state index contributed by atoms with van der Waals surface area (Å²) in [5.74, 6) is -0.000299. The molecular weight excluding hydrogens is 402 g/mol. The first-order valence-electron chi connectivity index (χ1n) is 10.1. The fourth-order valence-electron chi connectivity index (χ4n) is 3.26. The van der Waals surface area contributed by atoms with E-state index < -0.39 is 23.4 Å². The van der Waals surface area contributed by atoms with Crippen molar-refractivity contribution in [2.45, 2.75) is 65.2 Å². The Morgan fingerprint density at radius 2 is 1.71 bits per heavy atom. The number of anilines is 1. The highest BCUT2D eigenvalue weighted by atomic mass is 16.6. The molecule has 1 aliphatic carbocycles. The van der Waals surface area contributed by atoms with Crippen molar-refractivity contribution in [3.05, 3.63) is 24.8 Å². The molecule has 0 aromatic carbocycles. The Hall–Kier alpha value is -3.01. The molecule has 2 aromatic heterocycles. The molecule has 31 heavy (non-hydrogen) atoms. The van der Waals surface area contributed by atoms with Gasteiger partial charge in [-0.2, -0.15) is 4.90 Å². The molecule has 0 saturated heterocycles. The summed E-state index contributed by atoms with van der Waals surface area (Å²) in [5, 5.41) is 9.39. The molecule has 0 radical (unpaired) electrons. The van der Waals surface area contributed by atoms with Crippen LogP contribution in [0.2, 0.25) is 0 Å². The van der Waals surface area contributed by atoms with Gasteiger partial charge >= 0.3 is 12.2 Å². The second kappa shape index (κ2) is 7.92. The standard InChI is InChI=1S/C21H29N5O5/c1-12-13(9-27)8-14(12)25-11-24-15-16(25)22-10-23-17(15)26(18(28)30-20(2,3)4)19(29)31-21(5,6)7/h10-11,13-14,27H,1,8-9H2,2-7H3/t13-,14-/m0/s1. The summed E-state index contributed by atoms with van der Waals surface area (Å²) in [5.41, 5.74) is -0.125. The van der Waals surface area contributed by atoms with Gasteiger partial charge in [0.15, 0.2) is 17.0 Å². The highest BCUT2D eigenvalue weighted by molar-refractivity contribution is 6.12. The fourth-order valence-corrected chi connectivity index (χ4v) is 3.26. The van der Waals surface area contributed by atoms with Gasteiger partial charge in [0.1, 0.15) is 17.5 Å². The van der Waals surface area contributed by atoms with E-state index in [0.29, 0.717) is 12.1 Å². The first-order valence-corrected chi connectivity index (χ1v) is 10.1. The van der Waals surface area contributed by atoms with Crippen molar-refractivity contribution in [3.8, 4) is 0 Å². The number of fused-ring (bicyclic) bond motifs is 1. The third-order valence-electron chi connectivity index (χ3n) is 4.72. The molecule has 0 aliphatic heterocycles. The fraction of sp³-hybridized carbons (Fsp3) is 0.571. The summed E-state index contributed by atoms with van der Waals surface area (Å²) in [6.45, 7) is 14.3. The molecule has 168 valence electrons. The maximum Gasteiger partial charge on any atom is 0.425 e. The van der Waals surface area contributed by atoms with E-state index in [2.05, 4.69) is 21.5 Å². The minimum Gasteiger partial charge on any atom is -0.443 e. The average Bonchev–Trinajstić information content (AvgIpc) is 3.02. The van der Waals surface area contributed by atoms with Gasteiger partial charge in [-0.25, -0.2) is 24.5 Å². The van der Waals surface area contributed by atoms with Crippen molar-refractivity contribution in [1.29, 1.82) is 0 Å². The van der Waals surface area contributed by atoms with E-state index in [-0.39, 0.29) is 29.9 Å². The van der Waals surface area contributed by atoms with Crippen LogP contribution in [0.3, 0.4) is 0 Å². The predicted molar refractivity (Wildman–Crippen MR) is 114 cm³/mol. The van der Waals surface area contributed by atoms with Crippen molar-refractivity contribution in [3.63, 3.8) is 0 Å². The lowest BCUT2D eigenvalue weighted by atomic mass is 9.76. The van der Waals surface area contributed by atoms with Crippen molar-refractivity contribution < 1.29 is 24.2 Å². The maximum atomic E-state index is 12.9. The Labute approximate surface area is 180 Å². The van der Waals surface area contributed by atoms with Gasteiger partial charge < -0.3 is 19.1 Å². The largest absolute Gasteiger partial charge is 0.443 e. The molecule has 0 spiro atoms. The molecule has 2 aromatic rings. The van der Waals surface area contributed by atoms with E-state index in [9.17, 15) is 14.7 Å². The summed E-state index contributed by atoms with van der Waals surface area (Å²) >= 11 is 0. The summed E-state index contributed by atoms with van der Waals surface area (Å²) < 4.78 is 12.6. The lowest BCUT2D eigenvalue weighted by Crippen LogP contribution is -2.44. The minimum absolute atomic E-state index is 0.0313. The number of carbonyl (C=O) groups excluding carboxylic acids is 2. The third-order valence-corrected chi connectivity index (χ3v) is 4.72. The van der Waals surface area contributed by atoms with Crippen LogP contribution >= 0.6 is 0 Å². The smallest absolute Gasteiger partial charge is 0.425 e. The average molecular weight is 431 g/mol. The minimum atomic E-state index is -0.926. The molecule has 1 aliphatic rings. The number of aromatic nitrogens is 4. The summed E-state index contributed by atoms with van der Waals surface area (Å²) in [7, 11) is 0. The predicted octanol–water partition coefficient (Wildman–Crippen LogP) is 3.61. The highest BCUT2D eigenvalue weighted by Crippen LogP contribution is 2.43. The summed E-state index contributed by atoms with van der Waals surface area (Å²) in [6, 6.07) is -0.0820. The van der Waals surface area contributed by atoms with Crippen molar-refractivity contribution in [2.24, 2.45) is 5.92 Å². The molecule has 3 rings (SSSR count). The van der Waals surface area contributed by atoms with Crippen LogP contribution in [0, 0.1) is 5.92 Å². The molecule has 2 heterocycles. The Morgan fingerprint density at radius 1 is 1.13 bits per heavy atom. The van der Waals surface area contributed by atoms with Gasteiger partial charge in [-0.15, -0.1) is 0 Å². The molecular formula is C21H29N5O5. The van der Waals surface area contributed by atoms with E-state index in [1.54, 1.807) is 52.4 Å². The van der Waals surface area contributed by atoms with Gasteiger partial charge in [-0.05, 0) is 53.5 Å². The number of aliphatic hydroxyl groups is 1. The van der Waals surface area contributed by atoms with Crippen LogP contribution in [0.4, 0.5) is 15.4 Å². The van der Waals surface area contributed by atoms with Gasteiger partial charge in [0.05, 0.1) is 12.4 Å². The third kappa shape index (κ3) is 4.68. The monoisotopic (exact) mass is 431 g/mol. The van der Waals surface area contributed by atoms with Gasteiger partial charge in [-0.3, -0.25) is 0 Å². The second-order valence-corrected chi connectivity index (χ2v) is 9.52. The quantitative estimate of drug-likeness (QED) is 0.732. The van der Waals surface area contributed by atoms with Crippen LogP contribution in [-0.2, 0) is 9.47 Å².